The van der Waals surface area contributed by atoms with Crippen molar-refractivity contribution in [2.75, 3.05) is 26.2 Å². The van der Waals surface area contributed by atoms with E-state index < -0.39 is 0 Å². The summed E-state index contributed by atoms with van der Waals surface area (Å²) < 4.78 is 0. The predicted octanol–water partition coefficient (Wildman–Crippen LogP) is 2.80. The van der Waals surface area contributed by atoms with Crippen LogP contribution >= 0.6 is 0 Å². The molecule has 0 spiro atoms. The molecule has 3 rings (SSSR count). The number of phenolic OH excluding ortho intramolecular Hbond substituents is 1. The van der Waals surface area contributed by atoms with E-state index in [1.807, 2.05) is 6.07 Å². The summed E-state index contributed by atoms with van der Waals surface area (Å²) in [7, 11) is 0. The highest BCUT2D eigenvalue weighted by atomic mass is 16.3. The van der Waals surface area contributed by atoms with Crippen molar-refractivity contribution in [1.29, 1.82) is 0 Å². The zero-order valence-corrected chi connectivity index (χ0v) is 16.9. The van der Waals surface area contributed by atoms with E-state index in [9.17, 15) is 9.90 Å². The summed E-state index contributed by atoms with van der Waals surface area (Å²) in [4.78, 5) is 16.9. The van der Waals surface area contributed by atoms with Crippen molar-refractivity contribution < 1.29 is 9.90 Å². The molecule has 0 bridgehead atoms. The molecule has 1 aliphatic carbocycles. The molecule has 4 N–H and O–H groups in total. The fraction of sp³-hybridized carbons (Fsp3) is 0.391. The van der Waals surface area contributed by atoms with Gasteiger partial charge < -0.3 is 21.1 Å². The third kappa shape index (κ3) is 5.98. The first kappa shape index (κ1) is 20.7. The highest BCUT2D eigenvalue weighted by Gasteiger charge is 2.43. The zero-order chi connectivity index (χ0) is 20.5. The van der Waals surface area contributed by atoms with Gasteiger partial charge in [0.2, 0.25) is 0 Å². The minimum atomic E-state index is -0.181. The molecule has 0 saturated heterocycles. The third-order valence-corrected chi connectivity index (χ3v) is 5.16. The number of rotatable bonds is 9. The third-order valence-electron chi connectivity index (χ3n) is 5.16. The van der Waals surface area contributed by atoms with Gasteiger partial charge in [0.25, 0.3) is 5.91 Å². The van der Waals surface area contributed by atoms with Gasteiger partial charge in [-0.1, -0.05) is 36.4 Å². The molecule has 2 aromatic carbocycles. The molecule has 0 unspecified atom stereocenters. The summed E-state index contributed by atoms with van der Waals surface area (Å²) >= 11 is 0. The van der Waals surface area contributed by atoms with E-state index in [0.29, 0.717) is 18.7 Å². The van der Waals surface area contributed by atoms with Crippen LogP contribution in [0.3, 0.4) is 0 Å². The Bertz CT molecular complexity index is 832. The fourth-order valence-electron chi connectivity index (χ4n) is 3.30. The van der Waals surface area contributed by atoms with Crippen molar-refractivity contribution in [2.24, 2.45) is 4.99 Å². The van der Waals surface area contributed by atoms with Crippen LogP contribution in [0.15, 0.2) is 59.6 Å². The van der Waals surface area contributed by atoms with Crippen LogP contribution in [0, 0.1) is 0 Å². The minimum absolute atomic E-state index is 0.0924. The van der Waals surface area contributed by atoms with Gasteiger partial charge in [-0.2, -0.15) is 0 Å². The normalized spacial score (nSPS) is 14.9. The predicted molar refractivity (Wildman–Crippen MR) is 116 cm³/mol. The number of guanidine groups is 1. The maximum Gasteiger partial charge on any atom is 0.251 e. The van der Waals surface area contributed by atoms with Gasteiger partial charge in [0, 0.05) is 30.6 Å². The van der Waals surface area contributed by atoms with Crippen molar-refractivity contribution in [3.63, 3.8) is 0 Å². The van der Waals surface area contributed by atoms with Gasteiger partial charge in [0.1, 0.15) is 5.75 Å². The SMILES string of the molecule is CCNC(=NCC1(c2ccccc2)CC1)NCCCNC(=O)c1cccc(O)c1. The number of aromatic hydroxyl groups is 1. The molecule has 154 valence electrons. The number of benzene rings is 2. The van der Waals surface area contributed by atoms with Gasteiger partial charge >= 0.3 is 0 Å². The molecule has 0 aliphatic heterocycles. The Hall–Kier alpha value is -3.02. The second-order valence-corrected chi connectivity index (χ2v) is 7.43. The Balaban J connectivity index is 1.43. The number of nitrogens with zero attached hydrogens (tertiary/aromatic N) is 1. The molecule has 1 fully saturated rings. The molecule has 1 amide bonds. The Morgan fingerprint density at radius 2 is 1.79 bits per heavy atom. The lowest BCUT2D eigenvalue weighted by atomic mass is 9.96. The number of amides is 1. The Morgan fingerprint density at radius 1 is 1.03 bits per heavy atom. The summed E-state index contributed by atoms with van der Waals surface area (Å²) in [5, 5.41) is 19.0. The Kier molecular flexibility index (Phi) is 7.11. The van der Waals surface area contributed by atoms with Gasteiger partial charge in [-0.15, -0.1) is 0 Å². The first-order valence-electron chi connectivity index (χ1n) is 10.3. The zero-order valence-electron chi connectivity index (χ0n) is 16.9. The van der Waals surface area contributed by atoms with Crippen LogP contribution in [0.5, 0.6) is 5.75 Å². The maximum absolute atomic E-state index is 12.1. The summed E-state index contributed by atoms with van der Waals surface area (Å²) in [6, 6.07) is 17.0. The minimum Gasteiger partial charge on any atom is -0.508 e. The number of hydrogen-bond donors (Lipinski definition) is 4. The largest absolute Gasteiger partial charge is 0.508 e. The summed E-state index contributed by atoms with van der Waals surface area (Å²) in [6.07, 6.45) is 3.14. The van der Waals surface area contributed by atoms with Crippen LogP contribution < -0.4 is 16.0 Å². The molecule has 1 aliphatic rings. The average molecular weight is 395 g/mol. The second kappa shape index (κ2) is 9.96. The highest BCUT2D eigenvalue weighted by Crippen LogP contribution is 2.48. The molecule has 29 heavy (non-hydrogen) atoms. The van der Waals surface area contributed by atoms with Gasteiger partial charge in [-0.25, -0.2) is 0 Å². The van der Waals surface area contributed by atoms with E-state index >= 15 is 0 Å². The van der Waals surface area contributed by atoms with Gasteiger partial charge in [-0.3, -0.25) is 9.79 Å². The summed E-state index contributed by atoms with van der Waals surface area (Å²) in [5.41, 5.74) is 2.02. The smallest absolute Gasteiger partial charge is 0.251 e. The molecule has 0 heterocycles. The number of carbonyl (C=O) groups excluding carboxylic acids is 1. The molecular weight excluding hydrogens is 364 g/mol. The van der Waals surface area contributed by atoms with Gasteiger partial charge in [-0.05, 0) is 49.9 Å². The van der Waals surface area contributed by atoms with E-state index in [2.05, 4.69) is 47.1 Å². The van der Waals surface area contributed by atoms with Crippen molar-refractivity contribution in [1.82, 2.24) is 16.0 Å². The van der Waals surface area contributed by atoms with Crippen LogP contribution in [-0.4, -0.2) is 43.2 Å². The molecule has 2 aromatic rings. The first-order valence-corrected chi connectivity index (χ1v) is 10.3. The van der Waals surface area contributed by atoms with Crippen LogP contribution in [-0.2, 0) is 5.41 Å². The van der Waals surface area contributed by atoms with E-state index in [0.717, 1.165) is 25.5 Å². The van der Waals surface area contributed by atoms with Crippen molar-refractivity contribution in [3.8, 4) is 5.75 Å². The van der Waals surface area contributed by atoms with Crippen LogP contribution in [0.2, 0.25) is 0 Å². The number of hydrogen-bond acceptors (Lipinski definition) is 3. The van der Waals surface area contributed by atoms with Crippen LogP contribution in [0.25, 0.3) is 0 Å². The molecule has 6 heteroatoms. The molecule has 0 radical (unpaired) electrons. The quantitative estimate of drug-likeness (QED) is 0.299. The van der Waals surface area contributed by atoms with Gasteiger partial charge in [0.15, 0.2) is 5.96 Å². The first-order chi connectivity index (χ1) is 14.1. The number of aliphatic imine (C=N–C) groups is 1. The standard InChI is InChI=1S/C23H30N4O2/c1-2-24-22(27-17-23(12-13-23)19-9-4-3-5-10-19)26-15-7-14-25-21(29)18-8-6-11-20(28)16-18/h3-6,8-11,16,28H,2,7,12-15,17H2,1H3,(H,25,29)(H2,24,26,27). The highest BCUT2D eigenvalue weighted by molar-refractivity contribution is 5.94. The summed E-state index contributed by atoms with van der Waals surface area (Å²) in [5.74, 6) is 0.726. The van der Waals surface area contributed by atoms with E-state index in [1.54, 1.807) is 18.2 Å². The van der Waals surface area contributed by atoms with Gasteiger partial charge in [0.05, 0.1) is 6.54 Å². The second-order valence-electron chi connectivity index (χ2n) is 7.43. The van der Waals surface area contributed by atoms with Crippen LogP contribution in [0.1, 0.15) is 42.1 Å². The number of carbonyl (C=O) groups is 1. The summed E-state index contributed by atoms with van der Waals surface area (Å²) in [6.45, 7) is 4.90. The monoisotopic (exact) mass is 394 g/mol. The molecule has 1 saturated carbocycles. The molecule has 0 aromatic heterocycles. The lowest BCUT2D eigenvalue weighted by Gasteiger charge is -2.16. The van der Waals surface area contributed by atoms with E-state index in [4.69, 9.17) is 4.99 Å². The maximum atomic E-state index is 12.1. The topological polar surface area (TPSA) is 85.8 Å². The van der Waals surface area contributed by atoms with Crippen molar-refractivity contribution in [2.45, 2.75) is 31.6 Å². The number of nitrogens with one attached hydrogen (secondary N) is 3. The van der Waals surface area contributed by atoms with Crippen molar-refractivity contribution in [3.05, 3.63) is 65.7 Å². The lowest BCUT2D eigenvalue weighted by molar-refractivity contribution is 0.0953. The Labute approximate surface area is 172 Å². The lowest BCUT2D eigenvalue weighted by Crippen LogP contribution is -2.39. The Morgan fingerprint density at radius 3 is 2.48 bits per heavy atom. The number of phenols is 1. The van der Waals surface area contributed by atoms with E-state index in [-0.39, 0.29) is 17.1 Å². The molecule has 6 nitrogen and oxygen atoms in total. The molecular formula is C23H30N4O2. The molecule has 0 atom stereocenters. The van der Waals surface area contributed by atoms with Crippen molar-refractivity contribution >= 4 is 11.9 Å². The average Bonchev–Trinajstić information content (AvgIpc) is 3.53. The van der Waals surface area contributed by atoms with Crippen LogP contribution in [0.4, 0.5) is 0 Å². The van der Waals surface area contributed by atoms with E-state index in [1.165, 1.54) is 24.5 Å². The fourth-order valence-corrected chi connectivity index (χ4v) is 3.30.